The molecule has 6 nitrogen and oxygen atoms in total. The maximum atomic E-state index is 11.4. The first kappa shape index (κ1) is 13.2. The number of ether oxygens (including phenoxy) is 1. The molecule has 1 heterocycles. The number of benzene rings is 1. The standard InChI is InChI=1S/C12H9NO5S/c1-18-8-4-6(2-3-7(8)11(15)16)5-9-10(14)13-12(17)19-9/h2-5H,1H3,(H,15,16)(H,13,14,17). The molecule has 2 rings (SSSR count). The molecule has 0 aliphatic carbocycles. The van der Waals surface area contributed by atoms with E-state index in [1.807, 2.05) is 0 Å². The SMILES string of the molecule is COc1cc(C=C2SC(=O)NC2=O)ccc1C(=O)O. The molecule has 7 heteroatoms. The van der Waals surface area contributed by atoms with E-state index < -0.39 is 17.1 Å². The molecule has 0 unspecified atom stereocenters. The molecule has 2 amide bonds. The number of amides is 2. The number of methoxy groups -OCH3 is 1. The highest BCUT2D eigenvalue weighted by atomic mass is 32.2. The Labute approximate surface area is 112 Å². The molecule has 98 valence electrons. The van der Waals surface area contributed by atoms with Crippen LogP contribution < -0.4 is 10.1 Å². The van der Waals surface area contributed by atoms with E-state index in [4.69, 9.17) is 9.84 Å². The Bertz CT molecular complexity index is 608. The molecule has 2 N–H and O–H groups in total. The van der Waals surface area contributed by atoms with Gasteiger partial charge in [-0.25, -0.2) is 4.79 Å². The molecule has 0 saturated carbocycles. The zero-order chi connectivity index (χ0) is 14.0. The van der Waals surface area contributed by atoms with E-state index in [0.717, 1.165) is 11.8 Å². The van der Waals surface area contributed by atoms with Gasteiger partial charge in [0.15, 0.2) is 0 Å². The van der Waals surface area contributed by atoms with E-state index in [-0.39, 0.29) is 16.2 Å². The van der Waals surface area contributed by atoms with Crippen molar-refractivity contribution in [3.8, 4) is 5.75 Å². The molecule has 19 heavy (non-hydrogen) atoms. The van der Waals surface area contributed by atoms with Crippen LogP contribution in [0.5, 0.6) is 5.75 Å². The van der Waals surface area contributed by atoms with Gasteiger partial charge in [-0.1, -0.05) is 6.07 Å². The minimum absolute atomic E-state index is 0.0317. The molecule has 1 fully saturated rings. The molecule has 0 radical (unpaired) electrons. The summed E-state index contributed by atoms with van der Waals surface area (Å²) in [7, 11) is 1.36. The van der Waals surface area contributed by atoms with Gasteiger partial charge in [-0.15, -0.1) is 0 Å². The maximum absolute atomic E-state index is 11.4. The Morgan fingerprint density at radius 2 is 2.16 bits per heavy atom. The third-order valence-electron chi connectivity index (χ3n) is 2.40. The van der Waals surface area contributed by atoms with Crippen LogP contribution in [-0.2, 0) is 4.79 Å². The number of hydrogen-bond acceptors (Lipinski definition) is 5. The summed E-state index contributed by atoms with van der Waals surface area (Å²) >= 11 is 0.797. The molecule has 1 saturated heterocycles. The third-order valence-corrected chi connectivity index (χ3v) is 3.21. The average Bonchev–Trinajstić information content (AvgIpc) is 2.67. The molecule has 0 bridgehead atoms. The number of rotatable bonds is 3. The number of carboxylic acid groups (broad SMARTS) is 1. The fourth-order valence-electron chi connectivity index (χ4n) is 1.55. The fourth-order valence-corrected chi connectivity index (χ4v) is 2.23. The van der Waals surface area contributed by atoms with Gasteiger partial charge >= 0.3 is 5.97 Å². The van der Waals surface area contributed by atoms with Crippen LogP contribution in [0.15, 0.2) is 23.1 Å². The average molecular weight is 279 g/mol. The predicted molar refractivity (Wildman–Crippen MR) is 69.1 cm³/mol. The summed E-state index contributed by atoms with van der Waals surface area (Å²) in [6.07, 6.45) is 1.50. The monoisotopic (exact) mass is 279 g/mol. The van der Waals surface area contributed by atoms with Crippen molar-refractivity contribution in [2.45, 2.75) is 0 Å². The van der Waals surface area contributed by atoms with Gasteiger partial charge in [0.1, 0.15) is 11.3 Å². The van der Waals surface area contributed by atoms with Crippen molar-refractivity contribution in [1.29, 1.82) is 0 Å². The number of thioether (sulfide) groups is 1. The second-order valence-corrected chi connectivity index (χ2v) is 4.63. The lowest BCUT2D eigenvalue weighted by atomic mass is 10.1. The number of aromatic carboxylic acids is 1. The van der Waals surface area contributed by atoms with E-state index in [0.29, 0.717) is 5.56 Å². The molecule has 1 aliphatic heterocycles. The first-order chi connectivity index (χ1) is 9.01. The summed E-state index contributed by atoms with van der Waals surface area (Å²) in [4.78, 5) is 33.6. The van der Waals surface area contributed by atoms with Gasteiger partial charge in [0.25, 0.3) is 11.1 Å². The van der Waals surface area contributed by atoms with E-state index in [2.05, 4.69) is 5.32 Å². The van der Waals surface area contributed by atoms with Crippen LogP contribution in [0.4, 0.5) is 4.79 Å². The van der Waals surface area contributed by atoms with Gasteiger partial charge in [-0.05, 0) is 35.5 Å². The van der Waals surface area contributed by atoms with Crippen LogP contribution in [0.25, 0.3) is 6.08 Å². The molecule has 1 aromatic carbocycles. The summed E-state index contributed by atoms with van der Waals surface area (Å²) in [5.74, 6) is -1.37. The van der Waals surface area contributed by atoms with Crippen molar-refractivity contribution in [2.75, 3.05) is 7.11 Å². The van der Waals surface area contributed by atoms with Crippen LogP contribution in [-0.4, -0.2) is 29.3 Å². The molecular formula is C12H9NO5S. The Morgan fingerprint density at radius 3 is 2.68 bits per heavy atom. The Kier molecular flexibility index (Phi) is 3.57. The zero-order valence-electron chi connectivity index (χ0n) is 9.80. The van der Waals surface area contributed by atoms with Crippen LogP contribution in [0.2, 0.25) is 0 Å². The summed E-state index contributed by atoms with van der Waals surface area (Å²) < 4.78 is 4.98. The van der Waals surface area contributed by atoms with E-state index in [9.17, 15) is 14.4 Å². The van der Waals surface area contributed by atoms with Crippen molar-refractivity contribution in [2.24, 2.45) is 0 Å². The second-order valence-electron chi connectivity index (χ2n) is 3.62. The lowest BCUT2D eigenvalue weighted by Crippen LogP contribution is -2.17. The first-order valence-electron chi connectivity index (χ1n) is 5.17. The van der Waals surface area contributed by atoms with E-state index in [1.165, 1.54) is 31.4 Å². The van der Waals surface area contributed by atoms with Crippen LogP contribution in [0, 0.1) is 0 Å². The van der Waals surface area contributed by atoms with Crippen molar-refractivity contribution in [3.05, 3.63) is 34.2 Å². The molecule has 1 aliphatic rings. The summed E-state index contributed by atoms with van der Waals surface area (Å²) in [5.41, 5.74) is 0.610. The molecule has 1 aromatic rings. The third kappa shape index (κ3) is 2.76. The van der Waals surface area contributed by atoms with Crippen LogP contribution in [0.3, 0.4) is 0 Å². The van der Waals surface area contributed by atoms with Crippen molar-refractivity contribution >= 4 is 35.0 Å². The molecule has 0 atom stereocenters. The van der Waals surface area contributed by atoms with E-state index >= 15 is 0 Å². The van der Waals surface area contributed by atoms with Crippen molar-refractivity contribution < 1.29 is 24.2 Å². The summed E-state index contributed by atoms with van der Waals surface area (Å²) in [6.45, 7) is 0. The highest BCUT2D eigenvalue weighted by Crippen LogP contribution is 2.27. The molecule has 0 spiro atoms. The number of carbonyl (C=O) groups is 3. The Balaban J connectivity index is 2.37. The highest BCUT2D eigenvalue weighted by molar-refractivity contribution is 8.18. The number of nitrogens with one attached hydrogen (secondary N) is 1. The smallest absolute Gasteiger partial charge is 0.339 e. The van der Waals surface area contributed by atoms with Crippen molar-refractivity contribution in [3.63, 3.8) is 0 Å². The quantitative estimate of drug-likeness (QED) is 0.818. The number of carboxylic acids is 1. The zero-order valence-corrected chi connectivity index (χ0v) is 10.6. The lowest BCUT2D eigenvalue weighted by molar-refractivity contribution is -0.115. The summed E-state index contributed by atoms with van der Waals surface area (Å²) in [5, 5.41) is 10.7. The molecular weight excluding hydrogens is 270 g/mol. The van der Waals surface area contributed by atoms with Crippen LogP contribution in [0.1, 0.15) is 15.9 Å². The van der Waals surface area contributed by atoms with Gasteiger partial charge in [0.2, 0.25) is 0 Å². The van der Waals surface area contributed by atoms with Gasteiger partial charge in [-0.3, -0.25) is 14.9 Å². The maximum Gasteiger partial charge on any atom is 0.339 e. The molecule has 0 aromatic heterocycles. The predicted octanol–water partition coefficient (Wildman–Crippen LogP) is 1.72. The van der Waals surface area contributed by atoms with Gasteiger partial charge in [0, 0.05) is 0 Å². The number of hydrogen-bond donors (Lipinski definition) is 2. The summed E-state index contributed by atoms with van der Waals surface area (Å²) in [6, 6.07) is 4.41. The number of carbonyl (C=O) groups excluding carboxylic acids is 2. The lowest BCUT2D eigenvalue weighted by Gasteiger charge is -2.05. The highest BCUT2D eigenvalue weighted by Gasteiger charge is 2.25. The normalized spacial score (nSPS) is 16.6. The minimum atomic E-state index is -1.10. The second kappa shape index (κ2) is 5.15. The first-order valence-corrected chi connectivity index (χ1v) is 5.99. The fraction of sp³-hybridized carbons (Fsp3) is 0.0833. The minimum Gasteiger partial charge on any atom is -0.496 e. The Morgan fingerprint density at radius 1 is 1.42 bits per heavy atom. The van der Waals surface area contributed by atoms with Gasteiger partial charge in [0.05, 0.1) is 12.0 Å². The van der Waals surface area contributed by atoms with Crippen molar-refractivity contribution in [1.82, 2.24) is 5.32 Å². The van der Waals surface area contributed by atoms with Gasteiger partial charge in [-0.2, -0.15) is 0 Å². The van der Waals surface area contributed by atoms with Crippen LogP contribution >= 0.6 is 11.8 Å². The van der Waals surface area contributed by atoms with E-state index in [1.54, 1.807) is 0 Å². The van der Waals surface area contributed by atoms with Gasteiger partial charge < -0.3 is 9.84 Å². The topological polar surface area (TPSA) is 92.7 Å². The Hall–Kier alpha value is -2.28. The number of imide groups is 1. The largest absolute Gasteiger partial charge is 0.496 e.